The summed E-state index contributed by atoms with van der Waals surface area (Å²) < 4.78 is 0. The van der Waals surface area contributed by atoms with Crippen molar-refractivity contribution in [2.45, 2.75) is 78.3 Å². The van der Waals surface area contributed by atoms with Gasteiger partial charge in [0.25, 0.3) is 0 Å². The van der Waals surface area contributed by atoms with E-state index in [1.165, 1.54) is 0 Å². The van der Waals surface area contributed by atoms with Gasteiger partial charge in [-0.25, -0.2) is 0 Å². The van der Waals surface area contributed by atoms with Crippen LogP contribution in [0.2, 0.25) is 0 Å². The molecule has 0 saturated carbocycles. The van der Waals surface area contributed by atoms with Gasteiger partial charge >= 0.3 is 0 Å². The summed E-state index contributed by atoms with van der Waals surface area (Å²) in [6.07, 6.45) is 5.35. The fraction of sp³-hybridized carbons (Fsp3) is 0.923. The lowest BCUT2D eigenvalue weighted by Gasteiger charge is -2.46. The quantitative estimate of drug-likeness (QED) is 0.592. The minimum atomic E-state index is -0.0326. The molecule has 15 heavy (non-hydrogen) atoms. The number of carbonyl (C=O) groups is 1. The summed E-state index contributed by atoms with van der Waals surface area (Å²) >= 11 is 0. The van der Waals surface area contributed by atoms with Gasteiger partial charge in [0, 0.05) is 11.1 Å². The minimum Gasteiger partial charge on any atom is -0.335 e. The Balaban J connectivity index is 4.80. The highest BCUT2D eigenvalue weighted by Crippen LogP contribution is 2.30. The van der Waals surface area contributed by atoms with E-state index in [4.69, 9.17) is 0 Å². The lowest BCUT2D eigenvalue weighted by atomic mass is 9.88. The van der Waals surface area contributed by atoms with Crippen molar-refractivity contribution in [1.82, 2.24) is 4.90 Å². The van der Waals surface area contributed by atoms with Crippen LogP contribution in [-0.2, 0) is 4.79 Å². The summed E-state index contributed by atoms with van der Waals surface area (Å²) in [6.45, 7) is 12.9. The predicted octanol–water partition coefficient (Wildman–Crippen LogP) is 3.60. The third kappa shape index (κ3) is 3.84. The first-order valence-corrected chi connectivity index (χ1v) is 6.06. The molecule has 0 atom stereocenters. The molecule has 0 unspecified atom stereocenters. The molecule has 0 aromatic carbocycles. The second-order valence-corrected chi connectivity index (χ2v) is 5.60. The number of hydrogen-bond acceptors (Lipinski definition) is 1. The molecule has 1 amide bonds. The fourth-order valence-electron chi connectivity index (χ4n) is 2.57. The first-order valence-electron chi connectivity index (χ1n) is 6.06. The molecule has 0 aliphatic carbocycles. The highest BCUT2D eigenvalue weighted by molar-refractivity contribution is 5.50. The first kappa shape index (κ1) is 14.5. The maximum absolute atomic E-state index is 11.3. The molecule has 0 fully saturated rings. The molecule has 2 heteroatoms. The maximum atomic E-state index is 11.3. The molecule has 0 aliphatic heterocycles. The minimum absolute atomic E-state index is 0.0326. The average molecular weight is 213 g/mol. The number of hydrogen-bond donors (Lipinski definition) is 0. The van der Waals surface area contributed by atoms with Crippen molar-refractivity contribution in [1.29, 1.82) is 0 Å². The molecule has 0 aliphatic rings. The van der Waals surface area contributed by atoms with E-state index in [1.807, 2.05) is 4.90 Å². The summed E-state index contributed by atoms with van der Waals surface area (Å²) in [5.74, 6) is 0. The highest BCUT2D eigenvalue weighted by Gasteiger charge is 2.35. The number of nitrogens with zero attached hydrogens (tertiary/aromatic N) is 1. The van der Waals surface area contributed by atoms with Crippen LogP contribution < -0.4 is 0 Å². The van der Waals surface area contributed by atoms with Crippen molar-refractivity contribution in [3.63, 3.8) is 0 Å². The van der Waals surface area contributed by atoms with E-state index in [-0.39, 0.29) is 11.1 Å². The number of amides is 1. The lowest BCUT2D eigenvalue weighted by Crippen LogP contribution is -2.54. The Morgan fingerprint density at radius 1 is 0.933 bits per heavy atom. The van der Waals surface area contributed by atoms with Crippen LogP contribution in [0.1, 0.15) is 67.2 Å². The molecule has 0 aromatic heterocycles. The van der Waals surface area contributed by atoms with Crippen LogP contribution >= 0.6 is 0 Å². The zero-order valence-corrected chi connectivity index (χ0v) is 11.3. The van der Waals surface area contributed by atoms with Gasteiger partial charge in [-0.2, -0.15) is 0 Å². The zero-order chi connectivity index (χ0) is 12.1. The van der Waals surface area contributed by atoms with Crippen LogP contribution in [0.4, 0.5) is 0 Å². The van der Waals surface area contributed by atoms with Crippen LogP contribution in [0, 0.1) is 0 Å². The van der Waals surface area contributed by atoms with Crippen molar-refractivity contribution in [2.24, 2.45) is 0 Å². The van der Waals surface area contributed by atoms with Gasteiger partial charge in [-0.1, -0.05) is 26.7 Å². The standard InChI is InChI=1S/C13H27NO/c1-7-9-12(3,4)14(11-15)13(5,6)10-8-2/h11H,7-10H2,1-6H3. The summed E-state index contributed by atoms with van der Waals surface area (Å²) in [5, 5.41) is 0. The Kier molecular flexibility index (Phi) is 5.33. The predicted molar refractivity (Wildman–Crippen MR) is 65.9 cm³/mol. The Morgan fingerprint density at radius 2 is 1.27 bits per heavy atom. The first-order chi connectivity index (χ1) is 6.81. The zero-order valence-electron chi connectivity index (χ0n) is 11.3. The van der Waals surface area contributed by atoms with Crippen molar-refractivity contribution >= 4 is 6.41 Å². The molecule has 0 aromatic rings. The summed E-state index contributed by atoms with van der Waals surface area (Å²) in [5.41, 5.74) is -0.0651. The van der Waals surface area contributed by atoms with E-state index in [9.17, 15) is 4.79 Å². The Hall–Kier alpha value is -0.530. The molecule has 0 heterocycles. The van der Waals surface area contributed by atoms with Crippen molar-refractivity contribution < 1.29 is 4.79 Å². The van der Waals surface area contributed by atoms with Crippen LogP contribution in [0.15, 0.2) is 0 Å². The molecule has 0 bridgehead atoms. The maximum Gasteiger partial charge on any atom is 0.210 e. The molecule has 0 saturated heterocycles. The van der Waals surface area contributed by atoms with Crippen LogP contribution in [-0.4, -0.2) is 22.4 Å². The summed E-state index contributed by atoms with van der Waals surface area (Å²) in [6, 6.07) is 0. The lowest BCUT2D eigenvalue weighted by molar-refractivity contribution is -0.130. The second-order valence-electron chi connectivity index (χ2n) is 5.60. The Labute approximate surface area is 95.0 Å². The van der Waals surface area contributed by atoms with E-state index in [1.54, 1.807) is 0 Å². The molecular formula is C13H27NO. The van der Waals surface area contributed by atoms with E-state index in [2.05, 4.69) is 41.5 Å². The number of carbonyl (C=O) groups excluding carboxylic acids is 1. The van der Waals surface area contributed by atoms with Gasteiger partial charge in [-0.3, -0.25) is 4.79 Å². The summed E-state index contributed by atoms with van der Waals surface area (Å²) in [7, 11) is 0. The van der Waals surface area contributed by atoms with Gasteiger partial charge in [0.05, 0.1) is 0 Å². The Bertz CT molecular complexity index is 179. The van der Waals surface area contributed by atoms with Gasteiger partial charge in [-0.05, 0) is 40.5 Å². The van der Waals surface area contributed by atoms with Crippen molar-refractivity contribution in [3.8, 4) is 0 Å². The van der Waals surface area contributed by atoms with Gasteiger partial charge in [0.15, 0.2) is 0 Å². The fourth-order valence-corrected chi connectivity index (χ4v) is 2.57. The van der Waals surface area contributed by atoms with Gasteiger partial charge in [-0.15, -0.1) is 0 Å². The average Bonchev–Trinajstić information content (AvgIpc) is 2.02. The van der Waals surface area contributed by atoms with Crippen LogP contribution in [0.5, 0.6) is 0 Å². The third-order valence-electron chi connectivity index (χ3n) is 3.13. The number of rotatable bonds is 7. The van der Waals surface area contributed by atoms with E-state index >= 15 is 0 Å². The molecule has 90 valence electrons. The van der Waals surface area contributed by atoms with Crippen LogP contribution in [0.25, 0.3) is 0 Å². The highest BCUT2D eigenvalue weighted by atomic mass is 16.1. The molecule has 0 spiro atoms. The van der Waals surface area contributed by atoms with Gasteiger partial charge in [0.1, 0.15) is 0 Å². The van der Waals surface area contributed by atoms with Gasteiger partial charge in [0.2, 0.25) is 6.41 Å². The molecular weight excluding hydrogens is 186 g/mol. The monoisotopic (exact) mass is 213 g/mol. The third-order valence-corrected chi connectivity index (χ3v) is 3.13. The molecule has 0 rings (SSSR count). The van der Waals surface area contributed by atoms with Gasteiger partial charge < -0.3 is 4.90 Å². The molecule has 0 N–H and O–H groups in total. The van der Waals surface area contributed by atoms with E-state index < -0.39 is 0 Å². The van der Waals surface area contributed by atoms with Crippen LogP contribution in [0.3, 0.4) is 0 Å². The van der Waals surface area contributed by atoms with E-state index in [0.29, 0.717) is 0 Å². The topological polar surface area (TPSA) is 20.3 Å². The Morgan fingerprint density at radius 3 is 1.47 bits per heavy atom. The second kappa shape index (κ2) is 5.53. The summed E-state index contributed by atoms with van der Waals surface area (Å²) in [4.78, 5) is 13.3. The normalized spacial score (nSPS) is 12.7. The largest absolute Gasteiger partial charge is 0.335 e. The molecule has 0 radical (unpaired) electrons. The SMILES string of the molecule is CCCC(C)(C)N(C=O)C(C)(C)CCC. The van der Waals surface area contributed by atoms with Crippen molar-refractivity contribution in [2.75, 3.05) is 0 Å². The van der Waals surface area contributed by atoms with E-state index in [0.717, 1.165) is 32.1 Å². The smallest absolute Gasteiger partial charge is 0.210 e. The molecule has 2 nitrogen and oxygen atoms in total. The van der Waals surface area contributed by atoms with Crippen molar-refractivity contribution in [3.05, 3.63) is 0 Å².